The average Bonchev–Trinajstić information content (AvgIpc) is 2.75. The SMILES string of the molecule is C=C1C(=O)OC2C=C(C)CCC=C(C=O)C(O)C(OCC)C12. The van der Waals surface area contributed by atoms with Crippen LogP contribution in [0, 0.1) is 5.92 Å². The summed E-state index contributed by atoms with van der Waals surface area (Å²) in [5.41, 5.74) is 1.61. The maximum atomic E-state index is 11.9. The highest BCUT2D eigenvalue weighted by molar-refractivity contribution is 5.91. The van der Waals surface area contributed by atoms with Crippen LogP contribution in [0.5, 0.6) is 0 Å². The molecular weight excluding hydrogens is 284 g/mol. The Labute approximate surface area is 130 Å². The highest BCUT2D eigenvalue weighted by Gasteiger charge is 2.46. The molecule has 1 aliphatic heterocycles. The number of aliphatic hydroxyl groups excluding tert-OH is 1. The van der Waals surface area contributed by atoms with Crippen molar-refractivity contribution in [2.75, 3.05) is 6.61 Å². The second kappa shape index (κ2) is 7.03. The molecule has 5 heteroatoms. The van der Waals surface area contributed by atoms with Gasteiger partial charge in [-0.25, -0.2) is 4.79 Å². The lowest BCUT2D eigenvalue weighted by Crippen LogP contribution is -2.41. The summed E-state index contributed by atoms with van der Waals surface area (Å²) in [5, 5.41) is 10.5. The zero-order valence-corrected chi connectivity index (χ0v) is 13.0. The average molecular weight is 306 g/mol. The standard InChI is InChI=1S/C17H22O5/c1-4-21-16-14-11(3)17(20)22-13(14)8-10(2)6-5-7-12(9-18)15(16)19/h7-9,13-16,19H,3-6H2,1-2H3. The Hall–Kier alpha value is -1.72. The molecule has 2 aliphatic rings. The van der Waals surface area contributed by atoms with E-state index in [2.05, 4.69) is 6.58 Å². The maximum Gasteiger partial charge on any atom is 0.334 e. The molecule has 1 N–H and O–H groups in total. The van der Waals surface area contributed by atoms with Gasteiger partial charge < -0.3 is 14.6 Å². The van der Waals surface area contributed by atoms with E-state index in [1.54, 1.807) is 13.0 Å². The summed E-state index contributed by atoms with van der Waals surface area (Å²) >= 11 is 0. The fraction of sp³-hybridized carbons (Fsp3) is 0.529. The van der Waals surface area contributed by atoms with Crippen molar-refractivity contribution in [1.82, 2.24) is 0 Å². The lowest BCUT2D eigenvalue weighted by Gasteiger charge is -2.30. The summed E-state index contributed by atoms with van der Waals surface area (Å²) in [6.07, 6.45) is 3.26. The molecule has 4 unspecified atom stereocenters. The number of esters is 1. The van der Waals surface area contributed by atoms with Crippen molar-refractivity contribution in [3.63, 3.8) is 0 Å². The number of carbonyl (C=O) groups is 2. The molecule has 0 amide bonds. The predicted molar refractivity (Wildman–Crippen MR) is 81.1 cm³/mol. The Bertz CT molecular complexity index is 531. The fourth-order valence-corrected chi connectivity index (χ4v) is 2.97. The van der Waals surface area contributed by atoms with Crippen LogP contribution >= 0.6 is 0 Å². The molecule has 22 heavy (non-hydrogen) atoms. The number of aldehydes is 1. The minimum atomic E-state index is -1.11. The van der Waals surface area contributed by atoms with Gasteiger partial charge in [0.05, 0.1) is 12.0 Å². The molecule has 0 spiro atoms. The van der Waals surface area contributed by atoms with Gasteiger partial charge in [-0.2, -0.15) is 0 Å². The van der Waals surface area contributed by atoms with E-state index < -0.39 is 30.2 Å². The van der Waals surface area contributed by atoms with Crippen LogP contribution in [-0.4, -0.2) is 42.3 Å². The molecule has 0 aromatic carbocycles. The summed E-state index contributed by atoms with van der Waals surface area (Å²) in [6, 6.07) is 0. The van der Waals surface area contributed by atoms with Crippen LogP contribution in [0.15, 0.2) is 35.5 Å². The van der Waals surface area contributed by atoms with Crippen molar-refractivity contribution in [3.05, 3.63) is 35.5 Å². The second-order valence-corrected chi connectivity index (χ2v) is 5.66. The quantitative estimate of drug-likeness (QED) is 0.372. The first-order chi connectivity index (χ1) is 10.5. The van der Waals surface area contributed by atoms with Gasteiger partial charge in [-0.3, -0.25) is 4.79 Å². The van der Waals surface area contributed by atoms with E-state index in [1.165, 1.54) is 0 Å². The van der Waals surface area contributed by atoms with E-state index >= 15 is 0 Å². The molecule has 1 fully saturated rings. The van der Waals surface area contributed by atoms with E-state index in [-0.39, 0.29) is 11.1 Å². The second-order valence-electron chi connectivity index (χ2n) is 5.66. The third kappa shape index (κ3) is 3.20. The monoisotopic (exact) mass is 306 g/mol. The van der Waals surface area contributed by atoms with Crippen molar-refractivity contribution >= 4 is 12.3 Å². The molecule has 120 valence electrons. The largest absolute Gasteiger partial charge is 0.454 e. The molecule has 0 bridgehead atoms. The van der Waals surface area contributed by atoms with Crippen LogP contribution in [0.4, 0.5) is 0 Å². The van der Waals surface area contributed by atoms with E-state index in [4.69, 9.17) is 9.47 Å². The van der Waals surface area contributed by atoms with E-state index in [0.717, 1.165) is 12.0 Å². The molecule has 5 nitrogen and oxygen atoms in total. The topological polar surface area (TPSA) is 72.8 Å². The number of aliphatic hydroxyl groups is 1. The lowest BCUT2D eigenvalue weighted by molar-refractivity contribution is -0.138. The van der Waals surface area contributed by atoms with Crippen molar-refractivity contribution in [1.29, 1.82) is 0 Å². The van der Waals surface area contributed by atoms with E-state index in [0.29, 0.717) is 19.3 Å². The summed E-state index contributed by atoms with van der Waals surface area (Å²) in [5.74, 6) is -0.981. The first kappa shape index (κ1) is 16.6. The van der Waals surface area contributed by atoms with Gasteiger partial charge in [-0.1, -0.05) is 18.2 Å². The zero-order chi connectivity index (χ0) is 16.3. The van der Waals surface area contributed by atoms with Gasteiger partial charge in [-0.15, -0.1) is 0 Å². The first-order valence-corrected chi connectivity index (χ1v) is 7.51. The molecule has 0 aromatic rings. The Balaban J connectivity index is 2.47. The van der Waals surface area contributed by atoms with Crippen molar-refractivity contribution in [3.8, 4) is 0 Å². The van der Waals surface area contributed by atoms with Crippen LogP contribution in [0.25, 0.3) is 0 Å². The van der Waals surface area contributed by atoms with Gasteiger partial charge in [0.25, 0.3) is 0 Å². The van der Waals surface area contributed by atoms with Gasteiger partial charge in [0, 0.05) is 17.8 Å². The third-order valence-corrected chi connectivity index (χ3v) is 4.13. The number of ether oxygens (including phenoxy) is 2. The number of allylic oxidation sites excluding steroid dienone is 2. The fourth-order valence-electron chi connectivity index (χ4n) is 2.97. The molecule has 0 aromatic heterocycles. The first-order valence-electron chi connectivity index (χ1n) is 7.51. The van der Waals surface area contributed by atoms with Gasteiger partial charge >= 0.3 is 5.97 Å². The summed E-state index contributed by atoms with van der Waals surface area (Å²) in [7, 11) is 0. The Kier molecular flexibility index (Phi) is 5.32. The molecule has 1 saturated heterocycles. The minimum absolute atomic E-state index is 0.275. The number of carbonyl (C=O) groups excluding carboxylic acids is 2. The number of fused-ring (bicyclic) bond motifs is 1. The lowest BCUT2D eigenvalue weighted by atomic mass is 9.84. The highest BCUT2D eigenvalue weighted by Crippen LogP contribution is 2.36. The summed E-state index contributed by atoms with van der Waals surface area (Å²) in [6.45, 7) is 7.88. The van der Waals surface area contributed by atoms with Crippen molar-refractivity contribution < 1.29 is 24.2 Å². The van der Waals surface area contributed by atoms with Crippen LogP contribution in [0.2, 0.25) is 0 Å². The van der Waals surface area contributed by atoms with E-state index in [9.17, 15) is 14.7 Å². The molecule has 0 saturated carbocycles. The Morgan fingerprint density at radius 3 is 2.91 bits per heavy atom. The zero-order valence-electron chi connectivity index (χ0n) is 13.0. The number of rotatable bonds is 3. The molecular formula is C17H22O5. The van der Waals surface area contributed by atoms with Crippen molar-refractivity contribution in [2.24, 2.45) is 5.92 Å². The summed E-state index contributed by atoms with van der Waals surface area (Å²) in [4.78, 5) is 23.2. The molecule has 4 atom stereocenters. The van der Waals surface area contributed by atoms with Gasteiger partial charge in [0.1, 0.15) is 18.5 Å². The molecule has 1 aliphatic carbocycles. The molecule has 1 heterocycles. The summed E-state index contributed by atoms with van der Waals surface area (Å²) < 4.78 is 11.0. The van der Waals surface area contributed by atoms with Crippen LogP contribution in [-0.2, 0) is 19.1 Å². The molecule has 2 rings (SSSR count). The van der Waals surface area contributed by atoms with Crippen LogP contribution < -0.4 is 0 Å². The minimum Gasteiger partial charge on any atom is -0.454 e. The van der Waals surface area contributed by atoms with Crippen LogP contribution in [0.3, 0.4) is 0 Å². The number of hydrogen-bond acceptors (Lipinski definition) is 5. The van der Waals surface area contributed by atoms with Gasteiger partial charge in [0.2, 0.25) is 0 Å². The maximum absolute atomic E-state index is 11.9. The van der Waals surface area contributed by atoms with Crippen LogP contribution in [0.1, 0.15) is 26.7 Å². The van der Waals surface area contributed by atoms with E-state index in [1.807, 2.05) is 13.0 Å². The normalized spacial score (nSPS) is 32.7. The Morgan fingerprint density at radius 1 is 1.55 bits per heavy atom. The van der Waals surface area contributed by atoms with Gasteiger partial charge in [0.15, 0.2) is 0 Å². The smallest absolute Gasteiger partial charge is 0.334 e. The number of hydrogen-bond donors (Lipinski definition) is 1. The Morgan fingerprint density at radius 2 is 2.27 bits per heavy atom. The van der Waals surface area contributed by atoms with Crippen molar-refractivity contribution in [2.45, 2.75) is 45.0 Å². The predicted octanol–water partition coefficient (Wildman–Crippen LogP) is 1.72. The highest BCUT2D eigenvalue weighted by atomic mass is 16.6. The van der Waals surface area contributed by atoms with Gasteiger partial charge in [-0.05, 0) is 32.8 Å². The molecule has 0 radical (unpaired) electrons. The third-order valence-electron chi connectivity index (χ3n) is 4.13.